The predicted octanol–water partition coefficient (Wildman–Crippen LogP) is 4.34. The second-order valence-corrected chi connectivity index (χ2v) is 4.72. The van der Waals surface area contributed by atoms with Crippen LogP contribution in [0.3, 0.4) is 0 Å². The molecule has 0 saturated carbocycles. The Kier molecular flexibility index (Phi) is 4.00. The highest BCUT2D eigenvalue weighted by Crippen LogP contribution is 2.33. The molecule has 2 aromatic rings. The molecule has 1 nitrogen and oxygen atoms in total. The van der Waals surface area contributed by atoms with Crippen molar-refractivity contribution in [2.24, 2.45) is 5.73 Å². The quantitative estimate of drug-likeness (QED) is 0.820. The van der Waals surface area contributed by atoms with Crippen LogP contribution in [0.1, 0.15) is 28.3 Å². The first-order valence-corrected chi connectivity index (χ1v) is 6.08. The molecular weight excluding hydrogens is 289 g/mol. The summed E-state index contributed by atoms with van der Waals surface area (Å²) in [5.41, 5.74) is 5.24. The average molecular weight is 301 g/mol. The highest BCUT2D eigenvalue weighted by atomic mass is 19.4. The molecule has 0 fully saturated rings. The summed E-state index contributed by atoms with van der Waals surface area (Å²) in [4.78, 5) is 0. The maximum Gasteiger partial charge on any atom is 0.419 e. The zero-order valence-corrected chi connectivity index (χ0v) is 11.0. The van der Waals surface area contributed by atoms with Crippen LogP contribution in [-0.4, -0.2) is 0 Å². The Hall–Kier alpha value is -1.95. The second-order valence-electron chi connectivity index (χ2n) is 4.72. The normalized spacial score (nSPS) is 13.3. The molecule has 0 heterocycles. The van der Waals surface area contributed by atoms with E-state index >= 15 is 0 Å². The van der Waals surface area contributed by atoms with Crippen LogP contribution in [0.4, 0.5) is 22.0 Å². The Balaban J connectivity index is 2.44. The molecule has 1 atom stereocenters. The van der Waals surface area contributed by atoms with E-state index in [1.54, 1.807) is 6.92 Å². The van der Waals surface area contributed by atoms with E-state index in [0.717, 1.165) is 12.1 Å². The van der Waals surface area contributed by atoms with E-state index in [-0.39, 0.29) is 5.56 Å². The third-order valence-electron chi connectivity index (χ3n) is 3.21. The minimum atomic E-state index is -4.81. The molecule has 2 N–H and O–H groups in total. The molecule has 1 unspecified atom stereocenters. The molecule has 2 aromatic carbocycles. The monoisotopic (exact) mass is 301 g/mol. The number of rotatable bonds is 2. The number of hydrogen-bond acceptors (Lipinski definition) is 1. The minimum Gasteiger partial charge on any atom is -0.320 e. The van der Waals surface area contributed by atoms with Gasteiger partial charge in [0.15, 0.2) is 0 Å². The molecule has 6 heteroatoms. The van der Waals surface area contributed by atoms with Crippen molar-refractivity contribution in [1.29, 1.82) is 0 Å². The summed E-state index contributed by atoms with van der Waals surface area (Å²) in [7, 11) is 0. The largest absolute Gasteiger partial charge is 0.419 e. The number of aryl methyl sites for hydroxylation is 1. The highest BCUT2D eigenvalue weighted by molar-refractivity contribution is 5.36. The third kappa shape index (κ3) is 3.21. The molecule has 2 rings (SSSR count). The van der Waals surface area contributed by atoms with Crippen molar-refractivity contribution in [3.8, 4) is 0 Å². The van der Waals surface area contributed by atoms with Crippen LogP contribution < -0.4 is 5.73 Å². The van der Waals surface area contributed by atoms with E-state index in [1.165, 1.54) is 12.1 Å². The lowest BCUT2D eigenvalue weighted by Gasteiger charge is -2.16. The number of halogens is 5. The first kappa shape index (κ1) is 15.4. The van der Waals surface area contributed by atoms with Crippen LogP contribution in [0, 0.1) is 18.6 Å². The summed E-state index contributed by atoms with van der Waals surface area (Å²) in [5.74, 6) is -1.87. The zero-order valence-electron chi connectivity index (χ0n) is 11.0. The van der Waals surface area contributed by atoms with Crippen molar-refractivity contribution < 1.29 is 22.0 Å². The van der Waals surface area contributed by atoms with Crippen LogP contribution >= 0.6 is 0 Å². The molecule has 0 spiro atoms. The van der Waals surface area contributed by atoms with E-state index in [0.29, 0.717) is 23.3 Å². The van der Waals surface area contributed by atoms with Gasteiger partial charge in [0.25, 0.3) is 0 Å². The van der Waals surface area contributed by atoms with Gasteiger partial charge in [0.1, 0.15) is 11.6 Å². The van der Waals surface area contributed by atoms with E-state index in [2.05, 4.69) is 0 Å². The summed E-state index contributed by atoms with van der Waals surface area (Å²) in [6, 6.07) is 5.73. The standard InChI is InChI=1S/C15H12F5N/c1-8-2-3-10(7-13(8)17)14(21)9-4-5-12(16)11(6-9)15(18,19)20/h2-7,14H,21H2,1H3. The second kappa shape index (κ2) is 5.44. The lowest BCUT2D eigenvalue weighted by Crippen LogP contribution is -2.15. The van der Waals surface area contributed by atoms with Crippen molar-refractivity contribution in [3.63, 3.8) is 0 Å². The Bertz CT molecular complexity index is 664. The Labute approximate surface area is 118 Å². The van der Waals surface area contributed by atoms with Gasteiger partial charge in [-0.15, -0.1) is 0 Å². The molecule has 21 heavy (non-hydrogen) atoms. The van der Waals surface area contributed by atoms with Crippen LogP contribution in [0.25, 0.3) is 0 Å². The van der Waals surface area contributed by atoms with Crippen molar-refractivity contribution >= 4 is 0 Å². The minimum absolute atomic E-state index is 0.0620. The molecule has 0 aromatic heterocycles. The molecule has 0 radical (unpaired) electrons. The molecular formula is C15H12F5N. The number of nitrogens with two attached hydrogens (primary N) is 1. The lowest BCUT2D eigenvalue weighted by atomic mass is 9.96. The highest BCUT2D eigenvalue weighted by Gasteiger charge is 2.34. The summed E-state index contributed by atoms with van der Waals surface area (Å²) in [6.45, 7) is 1.56. The van der Waals surface area contributed by atoms with E-state index in [9.17, 15) is 22.0 Å². The van der Waals surface area contributed by atoms with Crippen molar-refractivity contribution in [1.82, 2.24) is 0 Å². The molecule has 112 valence electrons. The molecule has 0 saturated heterocycles. The third-order valence-corrected chi connectivity index (χ3v) is 3.21. The van der Waals surface area contributed by atoms with E-state index in [4.69, 9.17) is 5.73 Å². The Morgan fingerprint density at radius 1 is 0.905 bits per heavy atom. The fraction of sp³-hybridized carbons (Fsp3) is 0.200. The number of hydrogen-bond donors (Lipinski definition) is 1. The first-order chi connectivity index (χ1) is 9.70. The molecule has 0 aliphatic carbocycles. The smallest absolute Gasteiger partial charge is 0.320 e. The number of alkyl halides is 3. The van der Waals surface area contributed by atoms with Crippen LogP contribution in [0.5, 0.6) is 0 Å². The van der Waals surface area contributed by atoms with Crippen LogP contribution in [0.15, 0.2) is 36.4 Å². The maximum atomic E-state index is 13.5. The maximum absolute atomic E-state index is 13.5. The van der Waals surface area contributed by atoms with Gasteiger partial charge in [-0.2, -0.15) is 13.2 Å². The molecule has 0 bridgehead atoms. The van der Waals surface area contributed by atoms with Gasteiger partial charge >= 0.3 is 6.18 Å². The van der Waals surface area contributed by atoms with Crippen molar-refractivity contribution in [2.75, 3.05) is 0 Å². The fourth-order valence-electron chi connectivity index (χ4n) is 1.95. The van der Waals surface area contributed by atoms with Gasteiger partial charge in [0.05, 0.1) is 11.6 Å². The lowest BCUT2D eigenvalue weighted by molar-refractivity contribution is -0.140. The molecule has 0 aliphatic heterocycles. The molecule has 0 amide bonds. The van der Waals surface area contributed by atoms with Gasteiger partial charge in [0.2, 0.25) is 0 Å². The topological polar surface area (TPSA) is 26.0 Å². The Morgan fingerprint density at radius 2 is 1.48 bits per heavy atom. The Morgan fingerprint density at radius 3 is 2.05 bits per heavy atom. The number of benzene rings is 2. The SMILES string of the molecule is Cc1ccc(C(N)c2ccc(F)c(C(F)(F)F)c2)cc1F. The first-order valence-electron chi connectivity index (χ1n) is 6.08. The summed E-state index contributed by atoms with van der Waals surface area (Å²) in [6.07, 6.45) is -4.81. The van der Waals surface area contributed by atoms with Crippen molar-refractivity contribution in [3.05, 3.63) is 70.3 Å². The van der Waals surface area contributed by atoms with E-state index < -0.39 is 29.4 Å². The van der Waals surface area contributed by atoms with Crippen LogP contribution in [0.2, 0.25) is 0 Å². The van der Waals surface area contributed by atoms with Gasteiger partial charge in [-0.05, 0) is 41.8 Å². The van der Waals surface area contributed by atoms with Gasteiger partial charge in [0, 0.05) is 0 Å². The summed E-state index contributed by atoms with van der Waals surface area (Å²) < 4.78 is 64.7. The van der Waals surface area contributed by atoms with Crippen molar-refractivity contribution in [2.45, 2.75) is 19.1 Å². The molecule has 0 aliphatic rings. The fourth-order valence-corrected chi connectivity index (χ4v) is 1.95. The summed E-state index contributed by atoms with van der Waals surface area (Å²) in [5, 5.41) is 0. The van der Waals surface area contributed by atoms with Gasteiger partial charge < -0.3 is 5.73 Å². The summed E-state index contributed by atoms with van der Waals surface area (Å²) >= 11 is 0. The van der Waals surface area contributed by atoms with Gasteiger partial charge in [-0.3, -0.25) is 0 Å². The van der Waals surface area contributed by atoms with Crippen LogP contribution in [-0.2, 0) is 6.18 Å². The predicted molar refractivity (Wildman–Crippen MR) is 68.6 cm³/mol. The zero-order chi connectivity index (χ0) is 15.8. The van der Waals surface area contributed by atoms with Gasteiger partial charge in [-0.1, -0.05) is 18.2 Å². The van der Waals surface area contributed by atoms with Gasteiger partial charge in [-0.25, -0.2) is 8.78 Å². The average Bonchev–Trinajstić information content (AvgIpc) is 2.40. The van der Waals surface area contributed by atoms with E-state index in [1.807, 2.05) is 0 Å².